The molecule has 0 bridgehead atoms. The van der Waals surface area contributed by atoms with E-state index < -0.39 is 22.2 Å². The molecule has 2 atom stereocenters. The molecule has 0 fully saturated rings. The van der Waals surface area contributed by atoms with Crippen molar-refractivity contribution in [3.05, 3.63) is 34.7 Å². The fourth-order valence-corrected chi connectivity index (χ4v) is 3.71. The van der Waals surface area contributed by atoms with Gasteiger partial charge in [0, 0.05) is 21.4 Å². The van der Waals surface area contributed by atoms with Crippen molar-refractivity contribution in [1.82, 2.24) is 4.72 Å². The van der Waals surface area contributed by atoms with Gasteiger partial charge in [-0.05, 0) is 45.9 Å². The number of nitrogens with one attached hydrogen (secondary N) is 1. The summed E-state index contributed by atoms with van der Waals surface area (Å²) in [6.07, 6.45) is 0. The van der Waals surface area contributed by atoms with E-state index in [0.29, 0.717) is 15.0 Å². The molecule has 2 nitrogen and oxygen atoms in total. The summed E-state index contributed by atoms with van der Waals surface area (Å²) in [5, 5.41) is 0.404. The first kappa shape index (κ1) is 15.7. The fraction of sp³-hybridized carbons (Fsp3) is 0.429. The first-order valence-electron chi connectivity index (χ1n) is 6.25. The van der Waals surface area contributed by atoms with Crippen LogP contribution in [-0.2, 0) is 11.4 Å². The number of fused-ring (bicyclic) bond motifs is 1. The number of halogens is 2. The summed E-state index contributed by atoms with van der Waals surface area (Å²) in [5.41, 5.74) is 0. The lowest BCUT2D eigenvalue weighted by atomic mass is 10.2. The largest absolute Gasteiger partial charge is 0.598 e. The van der Waals surface area contributed by atoms with Crippen LogP contribution in [0.1, 0.15) is 38.6 Å². The lowest BCUT2D eigenvalue weighted by Gasteiger charge is -2.26. The van der Waals surface area contributed by atoms with Crippen molar-refractivity contribution >= 4 is 32.8 Å². The Balaban J connectivity index is 2.31. The molecule has 6 heteroatoms. The van der Waals surface area contributed by atoms with Crippen molar-refractivity contribution in [1.29, 1.82) is 0 Å². The van der Waals surface area contributed by atoms with Crippen LogP contribution in [0.25, 0.3) is 10.1 Å². The van der Waals surface area contributed by atoms with Crippen molar-refractivity contribution < 1.29 is 13.3 Å². The molecular formula is C14H17F2NOS2. The highest BCUT2D eigenvalue weighted by Gasteiger charge is 2.30. The van der Waals surface area contributed by atoms with Gasteiger partial charge in [-0.1, -0.05) is 0 Å². The predicted octanol–water partition coefficient (Wildman–Crippen LogP) is 4.29. The maximum absolute atomic E-state index is 14.3. The van der Waals surface area contributed by atoms with E-state index in [9.17, 15) is 13.3 Å². The van der Waals surface area contributed by atoms with E-state index in [1.54, 1.807) is 6.92 Å². The average molecular weight is 317 g/mol. The molecule has 1 N–H and O–H groups in total. The van der Waals surface area contributed by atoms with Gasteiger partial charge in [0.25, 0.3) is 0 Å². The normalized spacial score (nSPS) is 15.6. The molecule has 110 valence electrons. The van der Waals surface area contributed by atoms with E-state index in [1.807, 2.05) is 20.8 Å². The van der Waals surface area contributed by atoms with E-state index in [4.69, 9.17) is 0 Å². The third kappa shape index (κ3) is 3.14. The van der Waals surface area contributed by atoms with Gasteiger partial charge in [-0.3, -0.25) is 0 Å². The number of hydrogen-bond donors (Lipinski definition) is 1. The van der Waals surface area contributed by atoms with Gasteiger partial charge in [0.2, 0.25) is 0 Å². The molecule has 1 aromatic carbocycles. The van der Waals surface area contributed by atoms with Crippen molar-refractivity contribution in [3.8, 4) is 0 Å². The Bertz CT molecular complexity index is 621. The molecular weight excluding hydrogens is 300 g/mol. The van der Waals surface area contributed by atoms with Crippen molar-refractivity contribution in [2.24, 2.45) is 0 Å². The molecule has 2 unspecified atom stereocenters. The van der Waals surface area contributed by atoms with Crippen LogP contribution in [0.3, 0.4) is 0 Å². The highest BCUT2D eigenvalue weighted by Crippen LogP contribution is 2.35. The number of hydrogen-bond acceptors (Lipinski definition) is 3. The van der Waals surface area contributed by atoms with Crippen LogP contribution in [0, 0.1) is 11.6 Å². The number of rotatable bonds is 3. The molecule has 0 aliphatic carbocycles. The second kappa shape index (κ2) is 5.60. The van der Waals surface area contributed by atoms with Gasteiger partial charge in [0.1, 0.15) is 16.4 Å². The molecule has 2 aromatic rings. The van der Waals surface area contributed by atoms with E-state index in [2.05, 4.69) is 4.72 Å². The van der Waals surface area contributed by atoms with Crippen LogP contribution in [0.4, 0.5) is 8.78 Å². The summed E-state index contributed by atoms with van der Waals surface area (Å²) < 4.78 is 42.6. The van der Waals surface area contributed by atoms with Gasteiger partial charge >= 0.3 is 0 Å². The summed E-state index contributed by atoms with van der Waals surface area (Å²) in [6.45, 7) is 7.30. The third-order valence-electron chi connectivity index (χ3n) is 2.85. The Hall–Kier alpha value is -0.690. The van der Waals surface area contributed by atoms with Crippen molar-refractivity contribution in [2.75, 3.05) is 0 Å². The number of thiophene rings is 1. The second-order valence-corrected chi connectivity index (χ2v) is 8.72. The average Bonchev–Trinajstić information content (AvgIpc) is 2.65. The molecule has 0 spiro atoms. The number of benzene rings is 1. The molecule has 0 aliphatic heterocycles. The van der Waals surface area contributed by atoms with Crippen LogP contribution in [0.2, 0.25) is 0 Å². The van der Waals surface area contributed by atoms with Crippen LogP contribution in [0.5, 0.6) is 0 Å². The quantitative estimate of drug-likeness (QED) is 0.857. The van der Waals surface area contributed by atoms with Gasteiger partial charge in [-0.25, -0.2) is 8.78 Å². The zero-order chi connectivity index (χ0) is 15.1. The van der Waals surface area contributed by atoms with Gasteiger partial charge in [-0.2, -0.15) is 0 Å². The summed E-state index contributed by atoms with van der Waals surface area (Å²) >= 11 is -0.0995. The Morgan fingerprint density at radius 1 is 1.30 bits per heavy atom. The Labute approximate surface area is 124 Å². The van der Waals surface area contributed by atoms with E-state index in [0.717, 1.165) is 0 Å². The highest BCUT2D eigenvalue weighted by atomic mass is 32.2. The van der Waals surface area contributed by atoms with E-state index in [1.165, 1.54) is 29.5 Å². The molecule has 0 saturated carbocycles. The first-order valence-corrected chi connectivity index (χ1v) is 8.22. The predicted molar refractivity (Wildman–Crippen MR) is 81.2 cm³/mol. The summed E-state index contributed by atoms with van der Waals surface area (Å²) in [4.78, 5) is 0.447. The minimum atomic E-state index is -1.29. The maximum atomic E-state index is 14.3. The highest BCUT2D eigenvalue weighted by molar-refractivity contribution is 7.90. The lowest BCUT2D eigenvalue weighted by Crippen LogP contribution is -2.40. The molecule has 0 radical (unpaired) electrons. The monoisotopic (exact) mass is 317 g/mol. The van der Waals surface area contributed by atoms with Gasteiger partial charge in [0.05, 0.1) is 10.9 Å². The molecule has 0 aliphatic rings. The van der Waals surface area contributed by atoms with E-state index in [-0.39, 0.29) is 11.6 Å². The van der Waals surface area contributed by atoms with Gasteiger partial charge < -0.3 is 4.55 Å². The molecule has 1 heterocycles. The third-order valence-corrected chi connectivity index (χ3v) is 5.84. The summed E-state index contributed by atoms with van der Waals surface area (Å²) in [5.74, 6) is -0.750. The van der Waals surface area contributed by atoms with Crippen LogP contribution in [0.15, 0.2) is 18.2 Å². The SMILES string of the molecule is CC(N[S+]([O-])C(C)(C)C)c1sc2cc(F)ccc2c1F. The molecule has 1 aromatic heterocycles. The van der Waals surface area contributed by atoms with Crippen LogP contribution in [-0.4, -0.2) is 9.30 Å². The van der Waals surface area contributed by atoms with Gasteiger partial charge in [0.15, 0.2) is 0 Å². The summed E-state index contributed by atoms with van der Waals surface area (Å²) in [7, 11) is 0. The zero-order valence-electron chi connectivity index (χ0n) is 11.8. The van der Waals surface area contributed by atoms with Crippen molar-refractivity contribution in [2.45, 2.75) is 38.5 Å². The smallest absolute Gasteiger partial charge is 0.146 e. The maximum Gasteiger partial charge on any atom is 0.146 e. The molecule has 20 heavy (non-hydrogen) atoms. The first-order chi connectivity index (χ1) is 9.20. The van der Waals surface area contributed by atoms with Crippen molar-refractivity contribution in [3.63, 3.8) is 0 Å². The minimum Gasteiger partial charge on any atom is -0.598 e. The lowest BCUT2D eigenvalue weighted by molar-refractivity contribution is 0.527. The van der Waals surface area contributed by atoms with Gasteiger partial charge in [-0.15, -0.1) is 16.1 Å². The molecule has 0 saturated heterocycles. The second-order valence-electron chi connectivity index (χ2n) is 5.64. The Morgan fingerprint density at radius 3 is 2.55 bits per heavy atom. The van der Waals surface area contributed by atoms with Crippen LogP contribution >= 0.6 is 11.3 Å². The molecule has 2 rings (SSSR count). The Kier molecular flexibility index (Phi) is 4.39. The topological polar surface area (TPSA) is 35.1 Å². The summed E-state index contributed by atoms with van der Waals surface area (Å²) in [6, 6.07) is 3.61. The minimum absolute atomic E-state index is 0.365. The van der Waals surface area contributed by atoms with E-state index >= 15 is 0 Å². The zero-order valence-corrected chi connectivity index (χ0v) is 13.4. The molecule has 0 amide bonds. The fourth-order valence-electron chi connectivity index (χ4n) is 1.73. The standard InChI is InChI=1S/C14H17F2NOS2/c1-8(17-20(18)14(2,3)4)13-12(16)10-6-5-9(15)7-11(10)19-13/h5-8,17H,1-4H3. The Morgan fingerprint density at radius 2 is 1.95 bits per heavy atom. The van der Waals surface area contributed by atoms with Crippen LogP contribution < -0.4 is 4.72 Å².